The van der Waals surface area contributed by atoms with Gasteiger partial charge in [0.15, 0.2) is 11.6 Å². The van der Waals surface area contributed by atoms with Gasteiger partial charge in [-0.2, -0.15) is 0 Å². The van der Waals surface area contributed by atoms with Crippen molar-refractivity contribution in [3.8, 4) is 5.75 Å². The summed E-state index contributed by atoms with van der Waals surface area (Å²) in [6.45, 7) is 5.61. The minimum Gasteiger partial charge on any atom is -0.494 e. The number of rotatable bonds is 6. The first-order valence-corrected chi connectivity index (χ1v) is 8.15. The van der Waals surface area contributed by atoms with Crippen LogP contribution in [0.2, 0.25) is 0 Å². The molecule has 2 aromatic carbocycles. The second kappa shape index (κ2) is 7.01. The average Bonchev–Trinajstić information content (AvgIpc) is 2.97. The predicted molar refractivity (Wildman–Crippen MR) is 93.6 cm³/mol. The number of nitrogens with zero attached hydrogens (tertiary/aromatic N) is 2. The highest BCUT2D eigenvalue weighted by molar-refractivity contribution is 5.75. The van der Waals surface area contributed by atoms with Gasteiger partial charge >= 0.3 is 0 Å². The molecule has 3 rings (SSSR count). The number of ether oxygens (including phenoxy) is 1. The number of para-hydroxylation sites is 2. The molecule has 0 amide bonds. The van der Waals surface area contributed by atoms with Gasteiger partial charge < -0.3 is 14.6 Å². The summed E-state index contributed by atoms with van der Waals surface area (Å²) in [7, 11) is 1.47. The van der Waals surface area contributed by atoms with Crippen LogP contribution in [0.25, 0.3) is 11.0 Å². The summed E-state index contributed by atoms with van der Waals surface area (Å²) in [5.41, 5.74) is 3.02. The third-order valence-electron chi connectivity index (χ3n) is 4.29. The van der Waals surface area contributed by atoms with Crippen molar-refractivity contribution in [3.05, 3.63) is 59.7 Å². The van der Waals surface area contributed by atoms with E-state index in [0.717, 1.165) is 29.0 Å². The Morgan fingerprint density at radius 3 is 2.75 bits per heavy atom. The van der Waals surface area contributed by atoms with Gasteiger partial charge in [0.1, 0.15) is 5.82 Å². The van der Waals surface area contributed by atoms with E-state index in [9.17, 15) is 4.39 Å². The van der Waals surface area contributed by atoms with E-state index < -0.39 is 0 Å². The summed E-state index contributed by atoms with van der Waals surface area (Å²) < 4.78 is 21.0. The fourth-order valence-electron chi connectivity index (χ4n) is 2.93. The molecular formula is C19H22FN3O. The van der Waals surface area contributed by atoms with E-state index in [2.05, 4.69) is 22.9 Å². The lowest BCUT2D eigenvalue weighted by Gasteiger charge is -2.15. The normalized spacial score (nSPS) is 12.5. The van der Waals surface area contributed by atoms with E-state index in [-0.39, 0.29) is 17.6 Å². The first-order chi connectivity index (χ1) is 11.6. The number of aromatic nitrogens is 2. The molecule has 0 aliphatic carbocycles. The minimum atomic E-state index is -0.343. The lowest BCUT2D eigenvalue weighted by atomic mass is 10.1. The number of nitrogens with one attached hydrogen (secondary N) is 1. The smallest absolute Gasteiger partial charge is 0.165 e. The standard InChI is InChI=1S/C19H22FN3O/c1-4-23-17-8-6-5-7-16(17)22-19(23)12-21-13(2)14-9-10-18(24-3)15(20)11-14/h5-11,13,21H,4,12H2,1-3H3. The third kappa shape index (κ3) is 3.12. The molecule has 0 radical (unpaired) electrons. The summed E-state index contributed by atoms with van der Waals surface area (Å²) >= 11 is 0. The largest absolute Gasteiger partial charge is 0.494 e. The minimum absolute atomic E-state index is 0.00974. The van der Waals surface area contributed by atoms with Crippen LogP contribution in [0.5, 0.6) is 5.75 Å². The van der Waals surface area contributed by atoms with Gasteiger partial charge in [0.25, 0.3) is 0 Å². The Morgan fingerprint density at radius 2 is 2.04 bits per heavy atom. The van der Waals surface area contributed by atoms with Gasteiger partial charge in [-0.1, -0.05) is 18.2 Å². The second-order valence-corrected chi connectivity index (χ2v) is 5.76. The van der Waals surface area contributed by atoms with Crippen molar-refractivity contribution in [1.82, 2.24) is 14.9 Å². The van der Waals surface area contributed by atoms with E-state index in [1.807, 2.05) is 31.2 Å². The first-order valence-electron chi connectivity index (χ1n) is 8.15. The van der Waals surface area contributed by atoms with Gasteiger partial charge in [-0.05, 0) is 43.7 Å². The summed E-state index contributed by atoms with van der Waals surface area (Å²) in [6.07, 6.45) is 0. The summed E-state index contributed by atoms with van der Waals surface area (Å²) in [6, 6.07) is 13.2. The number of methoxy groups -OCH3 is 1. The van der Waals surface area contributed by atoms with Crippen LogP contribution in [0.3, 0.4) is 0 Å². The van der Waals surface area contributed by atoms with Gasteiger partial charge in [-0.3, -0.25) is 0 Å². The molecule has 0 saturated carbocycles. The fraction of sp³-hybridized carbons (Fsp3) is 0.316. The molecule has 3 aromatic rings. The zero-order valence-electron chi connectivity index (χ0n) is 14.2. The van der Waals surface area contributed by atoms with Crippen LogP contribution in [0.1, 0.15) is 31.3 Å². The lowest BCUT2D eigenvalue weighted by molar-refractivity contribution is 0.385. The maximum atomic E-state index is 13.9. The number of benzene rings is 2. The number of fused-ring (bicyclic) bond motifs is 1. The molecule has 24 heavy (non-hydrogen) atoms. The topological polar surface area (TPSA) is 39.1 Å². The summed E-state index contributed by atoms with van der Waals surface area (Å²) in [5.74, 6) is 0.905. The number of aryl methyl sites for hydroxylation is 1. The maximum absolute atomic E-state index is 13.9. The predicted octanol–water partition coefficient (Wildman–Crippen LogP) is 4.05. The number of halogens is 1. The summed E-state index contributed by atoms with van der Waals surface area (Å²) in [5, 5.41) is 3.42. The molecule has 0 aliphatic rings. The number of hydrogen-bond donors (Lipinski definition) is 1. The number of hydrogen-bond acceptors (Lipinski definition) is 3. The Kier molecular flexibility index (Phi) is 4.81. The highest BCUT2D eigenvalue weighted by Gasteiger charge is 2.12. The van der Waals surface area contributed by atoms with Crippen LogP contribution in [-0.2, 0) is 13.1 Å². The Morgan fingerprint density at radius 1 is 1.25 bits per heavy atom. The van der Waals surface area contributed by atoms with E-state index in [1.54, 1.807) is 6.07 Å². The molecule has 0 bridgehead atoms. The molecule has 1 unspecified atom stereocenters. The van der Waals surface area contributed by atoms with Crippen molar-refractivity contribution in [2.24, 2.45) is 0 Å². The highest BCUT2D eigenvalue weighted by atomic mass is 19.1. The lowest BCUT2D eigenvalue weighted by Crippen LogP contribution is -2.20. The Hall–Kier alpha value is -2.40. The van der Waals surface area contributed by atoms with Gasteiger partial charge in [0.05, 0.1) is 24.7 Å². The van der Waals surface area contributed by atoms with Crippen molar-refractivity contribution in [1.29, 1.82) is 0 Å². The molecule has 126 valence electrons. The zero-order chi connectivity index (χ0) is 17.1. The second-order valence-electron chi connectivity index (χ2n) is 5.76. The van der Waals surface area contributed by atoms with Crippen LogP contribution in [0.15, 0.2) is 42.5 Å². The molecule has 1 N–H and O–H groups in total. The monoisotopic (exact) mass is 327 g/mol. The van der Waals surface area contributed by atoms with Crippen molar-refractivity contribution in [3.63, 3.8) is 0 Å². The van der Waals surface area contributed by atoms with Crippen LogP contribution in [0, 0.1) is 5.82 Å². The number of imidazole rings is 1. The van der Waals surface area contributed by atoms with Crippen molar-refractivity contribution < 1.29 is 9.13 Å². The average molecular weight is 327 g/mol. The van der Waals surface area contributed by atoms with Crippen molar-refractivity contribution in [2.75, 3.05) is 7.11 Å². The van der Waals surface area contributed by atoms with E-state index in [1.165, 1.54) is 13.2 Å². The van der Waals surface area contributed by atoms with E-state index in [4.69, 9.17) is 9.72 Å². The maximum Gasteiger partial charge on any atom is 0.165 e. The van der Waals surface area contributed by atoms with Crippen molar-refractivity contribution >= 4 is 11.0 Å². The molecule has 4 nitrogen and oxygen atoms in total. The Labute approximate surface area is 141 Å². The van der Waals surface area contributed by atoms with Crippen LogP contribution < -0.4 is 10.1 Å². The zero-order valence-corrected chi connectivity index (χ0v) is 14.2. The molecule has 0 aliphatic heterocycles. The molecule has 5 heteroatoms. The molecule has 1 atom stereocenters. The highest BCUT2D eigenvalue weighted by Crippen LogP contribution is 2.22. The third-order valence-corrected chi connectivity index (χ3v) is 4.29. The van der Waals surface area contributed by atoms with E-state index in [0.29, 0.717) is 6.54 Å². The molecule has 0 spiro atoms. The van der Waals surface area contributed by atoms with Crippen LogP contribution in [0.4, 0.5) is 4.39 Å². The van der Waals surface area contributed by atoms with Gasteiger partial charge in [0.2, 0.25) is 0 Å². The van der Waals surface area contributed by atoms with Gasteiger partial charge in [0, 0.05) is 12.6 Å². The van der Waals surface area contributed by atoms with Crippen LogP contribution in [-0.4, -0.2) is 16.7 Å². The fourth-order valence-corrected chi connectivity index (χ4v) is 2.93. The Bertz CT molecular complexity index is 844. The molecule has 1 heterocycles. The van der Waals surface area contributed by atoms with Crippen LogP contribution >= 0.6 is 0 Å². The molecule has 1 aromatic heterocycles. The summed E-state index contributed by atoms with van der Waals surface area (Å²) in [4.78, 5) is 4.70. The SMILES string of the molecule is CCn1c(CNC(C)c2ccc(OC)c(F)c2)nc2ccccc21. The molecule has 0 fully saturated rings. The quantitative estimate of drug-likeness (QED) is 0.742. The first kappa shape index (κ1) is 16.5. The molecular weight excluding hydrogens is 305 g/mol. The Balaban J connectivity index is 1.77. The molecule has 0 saturated heterocycles. The van der Waals surface area contributed by atoms with E-state index >= 15 is 0 Å². The van der Waals surface area contributed by atoms with Gasteiger partial charge in [-0.15, -0.1) is 0 Å². The van der Waals surface area contributed by atoms with Crippen molar-refractivity contribution in [2.45, 2.75) is 33.0 Å². The van der Waals surface area contributed by atoms with Gasteiger partial charge in [-0.25, -0.2) is 9.37 Å².